The van der Waals surface area contributed by atoms with Crippen LogP contribution in [0, 0.1) is 0 Å². The van der Waals surface area contributed by atoms with Crippen molar-refractivity contribution in [2.75, 3.05) is 33.7 Å². The molecule has 19 heavy (non-hydrogen) atoms. The van der Waals surface area contributed by atoms with E-state index in [1.54, 1.807) is 18.2 Å². The lowest BCUT2D eigenvalue weighted by atomic mass is 10.2. The second kappa shape index (κ2) is 7.88. The van der Waals surface area contributed by atoms with E-state index in [9.17, 15) is 4.79 Å². The molecule has 0 aliphatic rings. The molecule has 0 fully saturated rings. The van der Waals surface area contributed by atoms with Crippen molar-refractivity contribution in [2.24, 2.45) is 0 Å². The van der Waals surface area contributed by atoms with Crippen LogP contribution in [0.5, 0.6) is 0 Å². The van der Waals surface area contributed by atoms with Crippen molar-refractivity contribution in [3.8, 4) is 0 Å². The summed E-state index contributed by atoms with van der Waals surface area (Å²) in [6.45, 7) is 4.45. The van der Waals surface area contributed by atoms with Crippen LogP contribution < -0.4 is 0 Å². The third kappa shape index (κ3) is 5.13. The summed E-state index contributed by atoms with van der Waals surface area (Å²) in [7, 11) is 4.07. The van der Waals surface area contributed by atoms with Crippen molar-refractivity contribution in [1.82, 2.24) is 9.80 Å². The monoisotopic (exact) mass is 346 g/mol. The molecule has 0 radical (unpaired) electrons. The Morgan fingerprint density at radius 1 is 1.32 bits per heavy atom. The zero-order valence-corrected chi connectivity index (χ0v) is 14.0. The van der Waals surface area contributed by atoms with Crippen LogP contribution in [-0.2, 0) is 0 Å². The van der Waals surface area contributed by atoms with Gasteiger partial charge in [0.2, 0.25) is 0 Å². The number of carbonyl (C=O) groups is 1. The van der Waals surface area contributed by atoms with E-state index in [1.807, 2.05) is 25.9 Å². The Balaban J connectivity index is 2.72. The molecule has 0 N–H and O–H groups in total. The van der Waals surface area contributed by atoms with Gasteiger partial charge in [-0.2, -0.15) is 0 Å². The highest BCUT2D eigenvalue weighted by atomic mass is 79.9. The molecular formula is C14H20BrClN2O. The Morgan fingerprint density at radius 2 is 2.00 bits per heavy atom. The van der Waals surface area contributed by atoms with E-state index >= 15 is 0 Å². The van der Waals surface area contributed by atoms with Gasteiger partial charge in [0.15, 0.2) is 0 Å². The fourth-order valence-corrected chi connectivity index (χ4v) is 2.67. The maximum Gasteiger partial charge on any atom is 0.254 e. The number of hydrogen-bond donors (Lipinski definition) is 0. The topological polar surface area (TPSA) is 23.6 Å². The van der Waals surface area contributed by atoms with Gasteiger partial charge in [-0.25, -0.2) is 0 Å². The zero-order chi connectivity index (χ0) is 14.4. The number of carbonyl (C=O) groups excluding carboxylic acids is 1. The minimum atomic E-state index is 0.0461. The lowest BCUT2D eigenvalue weighted by Gasteiger charge is -2.22. The lowest BCUT2D eigenvalue weighted by Crippen LogP contribution is -2.33. The maximum absolute atomic E-state index is 12.4. The van der Waals surface area contributed by atoms with Gasteiger partial charge in [-0.3, -0.25) is 4.79 Å². The molecule has 1 rings (SSSR count). The van der Waals surface area contributed by atoms with Gasteiger partial charge in [-0.05, 0) is 68.1 Å². The van der Waals surface area contributed by atoms with Crippen LogP contribution in [0.4, 0.5) is 0 Å². The normalized spacial score (nSPS) is 10.8. The van der Waals surface area contributed by atoms with Crippen LogP contribution in [-0.4, -0.2) is 49.4 Å². The fourth-order valence-electron chi connectivity index (χ4n) is 1.81. The van der Waals surface area contributed by atoms with Crippen molar-refractivity contribution in [2.45, 2.75) is 13.3 Å². The van der Waals surface area contributed by atoms with E-state index in [4.69, 9.17) is 11.6 Å². The minimum absolute atomic E-state index is 0.0461. The molecule has 0 unspecified atom stereocenters. The Kier molecular flexibility index (Phi) is 6.83. The van der Waals surface area contributed by atoms with Crippen LogP contribution in [0.2, 0.25) is 5.02 Å². The number of hydrogen-bond acceptors (Lipinski definition) is 2. The molecule has 1 aromatic rings. The first-order chi connectivity index (χ1) is 8.95. The van der Waals surface area contributed by atoms with E-state index in [2.05, 4.69) is 20.8 Å². The third-order valence-corrected chi connectivity index (χ3v) is 3.76. The zero-order valence-electron chi connectivity index (χ0n) is 11.6. The van der Waals surface area contributed by atoms with Crippen LogP contribution >= 0.6 is 27.5 Å². The van der Waals surface area contributed by atoms with Crippen molar-refractivity contribution < 1.29 is 4.79 Å². The molecule has 0 aliphatic carbocycles. The Labute approximate surface area is 128 Å². The van der Waals surface area contributed by atoms with Gasteiger partial charge in [-0.1, -0.05) is 11.6 Å². The second-order valence-corrected chi connectivity index (χ2v) is 5.96. The first-order valence-corrected chi connectivity index (χ1v) is 7.51. The molecular weight excluding hydrogens is 328 g/mol. The highest BCUT2D eigenvalue weighted by molar-refractivity contribution is 9.10. The van der Waals surface area contributed by atoms with Crippen LogP contribution in [0.25, 0.3) is 0 Å². The summed E-state index contributed by atoms with van der Waals surface area (Å²) in [6, 6.07) is 5.26. The van der Waals surface area contributed by atoms with Gasteiger partial charge in [0.1, 0.15) is 0 Å². The summed E-state index contributed by atoms with van der Waals surface area (Å²) in [4.78, 5) is 16.4. The molecule has 0 heterocycles. The highest BCUT2D eigenvalue weighted by Gasteiger charge is 2.16. The molecule has 5 heteroatoms. The molecule has 0 bridgehead atoms. The molecule has 0 aliphatic heterocycles. The Bertz CT molecular complexity index is 437. The van der Waals surface area contributed by atoms with Crippen molar-refractivity contribution in [3.05, 3.63) is 33.3 Å². The summed E-state index contributed by atoms with van der Waals surface area (Å²) in [6.07, 6.45) is 0.970. The number of rotatable bonds is 6. The van der Waals surface area contributed by atoms with E-state index in [0.717, 1.165) is 24.0 Å². The van der Waals surface area contributed by atoms with Gasteiger partial charge in [0.25, 0.3) is 5.91 Å². The lowest BCUT2D eigenvalue weighted by molar-refractivity contribution is 0.0758. The van der Waals surface area contributed by atoms with Gasteiger partial charge >= 0.3 is 0 Å². The first-order valence-electron chi connectivity index (χ1n) is 6.34. The van der Waals surface area contributed by atoms with E-state index in [0.29, 0.717) is 17.1 Å². The average Bonchev–Trinajstić information content (AvgIpc) is 2.33. The van der Waals surface area contributed by atoms with E-state index in [-0.39, 0.29) is 5.91 Å². The standard InChI is InChI=1S/C14H20BrClN2O/c1-4-18(9-5-8-17(2)3)14(19)12-7-6-11(16)10-13(12)15/h6-7,10H,4-5,8-9H2,1-3H3. The van der Waals surface area contributed by atoms with E-state index < -0.39 is 0 Å². The summed E-state index contributed by atoms with van der Waals surface area (Å²) < 4.78 is 0.746. The summed E-state index contributed by atoms with van der Waals surface area (Å²) in [5.41, 5.74) is 0.663. The fraction of sp³-hybridized carbons (Fsp3) is 0.500. The Morgan fingerprint density at radius 3 is 2.53 bits per heavy atom. The predicted molar refractivity (Wildman–Crippen MR) is 83.9 cm³/mol. The van der Waals surface area contributed by atoms with Gasteiger partial charge in [0.05, 0.1) is 5.56 Å². The molecule has 0 atom stereocenters. The molecule has 1 aromatic carbocycles. The first kappa shape index (κ1) is 16.5. The second-order valence-electron chi connectivity index (χ2n) is 4.67. The van der Waals surface area contributed by atoms with Crippen LogP contribution in [0.1, 0.15) is 23.7 Å². The average molecular weight is 348 g/mol. The van der Waals surface area contributed by atoms with Crippen molar-refractivity contribution >= 4 is 33.4 Å². The number of nitrogens with zero attached hydrogens (tertiary/aromatic N) is 2. The number of amides is 1. The van der Waals surface area contributed by atoms with Gasteiger partial charge < -0.3 is 9.80 Å². The third-order valence-electron chi connectivity index (χ3n) is 2.86. The predicted octanol–water partition coefficient (Wildman–Crippen LogP) is 3.52. The van der Waals surface area contributed by atoms with E-state index in [1.165, 1.54) is 0 Å². The number of halogens is 2. The molecule has 0 saturated carbocycles. The molecule has 1 amide bonds. The molecule has 0 aromatic heterocycles. The smallest absolute Gasteiger partial charge is 0.254 e. The Hall–Kier alpha value is -0.580. The summed E-state index contributed by atoms with van der Waals surface area (Å²) >= 11 is 9.29. The van der Waals surface area contributed by atoms with Crippen molar-refractivity contribution in [3.63, 3.8) is 0 Å². The van der Waals surface area contributed by atoms with Gasteiger partial charge in [-0.15, -0.1) is 0 Å². The molecule has 3 nitrogen and oxygen atoms in total. The van der Waals surface area contributed by atoms with Gasteiger partial charge in [0, 0.05) is 22.6 Å². The molecule has 106 valence electrons. The molecule has 0 spiro atoms. The summed E-state index contributed by atoms with van der Waals surface area (Å²) in [5.74, 6) is 0.0461. The van der Waals surface area contributed by atoms with Crippen LogP contribution in [0.15, 0.2) is 22.7 Å². The van der Waals surface area contributed by atoms with Crippen molar-refractivity contribution in [1.29, 1.82) is 0 Å². The highest BCUT2D eigenvalue weighted by Crippen LogP contribution is 2.22. The minimum Gasteiger partial charge on any atom is -0.339 e. The number of benzene rings is 1. The quantitative estimate of drug-likeness (QED) is 0.786. The summed E-state index contributed by atoms with van der Waals surface area (Å²) in [5, 5.41) is 0.624. The largest absolute Gasteiger partial charge is 0.339 e. The molecule has 0 saturated heterocycles. The maximum atomic E-state index is 12.4. The van der Waals surface area contributed by atoms with Crippen LogP contribution in [0.3, 0.4) is 0 Å². The SMILES string of the molecule is CCN(CCCN(C)C)C(=O)c1ccc(Cl)cc1Br.